The summed E-state index contributed by atoms with van der Waals surface area (Å²) in [6.07, 6.45) is 0. The van der Waals surface area contributed by atoms with Crippen molar-refractivity contribution in [3.05, 3.63) is 95.6 Å². The number of anilines is 2. The molecule has 0 saturated carbocycles. The Kier molecular flexibility index (Phi) is 8.84. The Hall–Kier alpha value is -3.62. The zero-order valence-corrected chi connectivity index (χ0v) is 19.0. The van der Waals surface area contributed by atoms with E-state index in [1.54, 1.807) is 38.4 Å². The largest absolute Gasteiger partial charge is 0.377 e. The molecule has 4 rings (SSSR count). The van der Waals surface area contributed by atoms with Gasteiger partial charge in [-0.1, -0.05) is 12.1 Å². The van der Waals surface area contributed by atoms with Crippen LogP contribution >= 0.6 is 0 Å². The lowest BCUT2D eigenvalue weighted by atomic mass is 10.1. The molecular formula is C26H26F2N2O4. The van der Waals surface area contributed by atoms with Crippen molar-refractivity contribution in [2.45, 2.75) is 0 Å². The first-order valence-corrected chi connectivity index (χ1v) is 10.7. The minimum atomic E-state index is -0.427. The quantitative estimate of drug-likeness (QED) is 0.564. The van der Waals surface area contributed by atoms with Gasteiger partial charge < -0.3 is 19.3 Å². The number of carbonyl (C=O) groups is 2. The third-order valence-electron chi connectivity index (χ3n) is 5.14. The molecule has 0 spiro atoms. The fraction of sp³-hybridized carbons (Fsp3) is 0.231. The van der Waals surface area contributed by atoms with E-state index in [0.717, 1.165) is 26.4 Å². The highest BCUT2D eigenvalue weighted by Crippen LogP contribution is 2.30. The molecule has 1 fully saturated rings. The number of nitrogens with zero attached hydrogens (tertiary/aromatic N) is 2. The van der Waals surface area contributed by atoms with Crippen molar-refractivity contribution in [2.75, 3.05) is 50.3 Å². The Morgan fingerprint density at radius 3 is 1.24 bits per heavy atom. The first-order valence-electron chi connectivity index (χ1n) is 10.7. The highest BCUT2D eigenvalue weighted by atomic mass is 19.1. The lowest BCUT2D eigenvalue weighted by Crippen LogP contribution is -2.31. The third-order valence-corrected chi connectivity index (χ3v) is 5.14. The maximum Gasteiger partial charge on any atom is 0.258 e. The molecule has 2 amide bonds. The maximum atomic E-state index is 13.1. The average Bonchev–Trinajstić information content (AvgIpc) is 2.89. The van der Waals surface area contributed by atoms with Crippen LogP contribution in [0.1, 0.15) is 20.7 Å². The predicted molar refractivity (Wildman–Crippen MR) is 126 cm³/mol. The van der Waals surface area contributed by atoms with Crippen LogP contribution < -0.4 is 9.80 Å². The van der Waals surface area contributed by atoms with E-state index in [1.165, 1.54) is 58.3 Å². The summed E-state index contributed by atoms with van der Waals surface area (Å²) in [5.74, 6) is -1.53. The van der Waals surface area contributed by atoms with E-state index in [4.69, 9.17) is 9.47 Å². The van der Waals surface area contributed by atoms with Crippen LogP contribution in [-0.2, 0) is 9.47 Å². The van der Waals surface area contributed by atoms with Gasteiger partial charge in [-0.25, -0.2) is 8.78 Å². The monoisotopic (exact) mass is 468 g/mol. The summed E-state index contributed by atoms with van der Waals surface area (Å²) >= 11 is 0. The van der Waals surface area contributed by atoms with E-state index in [0.29, 0.717) is 22.5 Å². The molecule has 3 aromatic carbocycles. The average molecular weight is 469 g/mol. The van der Waals surface area contributed by atoms with Crippen LogP contribution in [0.15, 0.2) is 72.8 Å². The van der Waals surface area contributed by atoms with Crippen molar-refractivity contribution >= 4 is 23.2 Å². The highest BCUT2D eigenvalue weighted by molar-refractivity contribution is 6.11. The molecule has 3 aromatic rings. The van der Waals surface area contributed by atoms with Crippen molar-refractivity contribution in [3.63, 3.8) is 0 Å². The number of amides is 2. The van der Waals surface area contributed by atoms with E-state index in [1.807, 2.05) is 0 Å². The first-order chi connectivity index (χ1) is 16.4. The molecule has 0 aliphatic carbocycles. The molecule has 6 nitrogen and oxygen atoms in total. The van der Waals surface area contributed by atoms with Crippen molar-refractivity contribution in [2.24, 2.45) is 0 Å². The van der Waals surface area contributed by atoms with Crippen LogP contribution in [-0.4, -0.2) is 52.3 Å². The van der Waals surface area contributed by atoms with Crippen LogP contribution in [0.3, 0.4) is 0 Å². The van der Waals surface area contributed by atoms with E-state index < -0.39 is 11.6 Å². The fourth-order valence-electron chi connectivity index (χ4n) is 3.26. The highest BCUT2D eigenvalue weighted by Gasteiger charge is 2.21. The molecule has 8 heteroatoms. The van der Waals surface area contributed by atoms with Crippen LogP contribution in [0.5, 0.6) is 0 Å². The normalized spacial score (nSPS) is 12.8. The minimum absolute atomic E-state index is 0.325. The topological polar surface area (TPSA) is 59.1 Å². The summed E-state index contributed by atoms with van der Waals surface area (Å²) in [5.41, 5.74) is 1.67. The molecule has 0 aromatic heterocycles. The van der Waals surface area contributed by atoms with E-state index in [-0.39, 0.29) is 11.8 Å². The van der Waals surface area contributed by atoms with Gasteiger partial charge in [-0.15, -0.1) is 0 Å². The van der Waals surface area contributed by atoms with Crippen LogP contribution in [0.2, 0.25) is 0 Å². The molecule has 178 valence electrons. The second-order valence-corrected chi connectivity index (χ2v) is 7.46. The molecular weight excluding hydrogens is 442 g/mol. The summed E-state index contributed by atoms with van der Waals surface area (Å²) < 4.78 is 36.1. The van der Waals surface area contributed by atoms with Gasteiger partial charge in [0.1, 0.15) is 11.6 Å². The minimum Gasteiger partial charge on any atom is -0.377 e. The summed E-state index contributed by atoms with van der Waals surface area (Å²) in [7, 11) is 3.17. The standard InChI is InChI=1S/C22H18F2N2O2.C4H8O2/c1-25(21(27)15-7-11-17(23)12-8-15)19-5-3-4-6-20(19)26(2)22(28)16-9-13-18(24)14-10-16;1-2-6-4-3-5-1/h3-14H,1-2H3;1-4H2. The van der Waals surface area contributed by atoms with Crippen LogP contribution in [0.25, 0.3) is 0 Å². The summed E-state index contributed by atoms with van der Waals surface area (Å²) in [4.78, 5) is 28.3. The second kappa shape index (κ2) is 12.0. The molecule has 1 saturated heterocycles. The smallest absolute Gasteiger partial charge is 0.258 e. The zero-order valence-electron chi connectivity index (χ0n) is 19.0. The van der Waals surface area contributed by atoms with Crippen molar-refractivity contribution in [1.82, 2.24) is 0 Å². The Balaban J connectivity index is 0.000000469. The predicted octanol–water partition coefficient (Wildman–Crippen LogP) is 4.55. The molecule has 0 bridgehead atoms. The Morgan fingerprint density at radius 2 is 0.941 bits per heavy atom. The van der Waals surface area contributed by atoms with Gasteiger partial charge in [0.05, 0.1) is 37.8 Å². The molecule has 0 atom stereocenters. The second-order valence-electron chi connectivity index (χ2n) is 7.46. The number of halogens is 2. The van der Waals surface area contributed by atoms with Gasteiger partial charge in [-0.2, -0.15) is 0 Å². The van der Waals surface area contributed by atoms with Crippen molar-refractivity contribution in [3.8, 4) is 0 Å². The molecule has 1 aliphatic heterocycles. The SMILES string of the molecule is C1COCCO1.CN(C(=O)c1ccc(F)cc1)c1ccccc1N(C)C(=O)c1ccc(F)cc1. The molecule has 0 radical (unpaired) electrons. The van der Waals surface area contributed by atoms with Gasteiger partial charge >= 0.3 is 0 Å². The number of carbonyl (C=O) groups excluding carboxylic acids is 2. The van der Waals surface area contributed by atoms with Gasteiger partial charge in [0.2, 0.25) is 0 Å². The molecule has 1 aliphatic rings. The van der Waals surface area contributed by atoms with E-state index >= 15 is 0 Å². The van der Waals surface area contributed by atoms with Crippen molar-refractivity contribution < 1.29 is 27.8 Å². The van der Waals surface area contributed by atoms with Crippen molar-refractivity contribution in [1.29, 1.82) is 0 Å². The number of hydrogen-bond acceptors (Lipinski definition) is 4. The van der Waals surface area contributed by atoms with E-state index in [9.17, 15) is 18.4 Å². The summed E-state index contributed by atoms with van der Waals surface area (Å²) in [5, 5.41) is 0. The first kappa shape index (κ1) is 25.0. The third kappa shape index (κ3) is 6.46. The Bertz CT molecular complexity index is 1010. The van der Waals surface area contributed by atoms with Gasteiger partial charge in [0, 0.05) is 25.2 Å². The zero-order chi connectivity index (χ0) is 24.5. The number of hydrogen-bond donors (Lipinski definition) is 0. The summed E-state index contributed by atoms with van der Waals surface area (Å²) in [6, 6.07) is 17.4. The lowest BCUT2D eigenvalue weighted by Gasteiger charge is -2.26. The molecule has 0 N–H and O–H groups in total. The van der Waals surface area contributed by atoms with Crippen LogP contribution in [0.4, 0.5) is 20.2 Å². The molecule has 1 heterocycles. The number of benzene rings is 3. The molecule has 34 heavy (non-hydrogen) atoms. The fourth-order valence-corrected chi connectivity index (χ4v) is 3.26. The van der Waals surface area contributed by atoms with Gasteiger partial charge in [0.15, 0.2) is 0 Å². The lowest BCUT2D eigenvalue weighted by molar-refractivity contribution is -0.0334. The summed E-state index contributed by atoms with van der Waals surface area (Å²) in [6.45, 7) is 3.11. The van der Waals surface area contributed by atoms with E-state index in [2.05, 4.69) is 0 Å². The van der Waals surface area contributed by atoms with Crippen LogP contribution in [0, 0.1) is 11.6 Å². The molecule has 0 unspecified atom stereocenters. The maximum absolute atomic E-state index is 13.1. The van der Waals surface area contributed by atoms with Gasteiger partial charge in [-0.05, 0) is 60.7 Å². The van der Waals surface area contributed by atoms with Gasteiger partial charge in [-0.3, -0.25) is 9.59 Å². The number of ether oxygens (including phenoxy) is 2. The Morgan fingerprint density at radius 1 is 0.618 bits per heavy atom. The Labute approximate surface area is 197 Å². The number of para-hydroxylation sites is 2. The number of rotatable bonds is 4. The van der Waals surface area contributed by atoms with Gasteiger partial charge in [0.25, 0.3) is 11.8 Å².